The van der Waals surface area contributed by atoms with Crippen LogP contribution in [0.25, 0.3) is 12.2 Å². The smallest absolute Gasteiger partial charge is 0.00773 e. The van der Waals surface area contributed by atoms with Gasteiger partial charge in [0.05, 0.1) is 0 Å². The Morgan fingerprint density at radius 1 is 1.00 bits per heavy atom. The third kappa shape index (κ3) is 4.20. The zero-order chi connectivity index (χ0) is 12.5. The molecule has 0 spiro atoms. The number of hydrogen-bond donors (Lipinski definition) is 1. The molecular formula is C16H23N. The SMILES string of the molecule is C=Cc1cccc(CCCCCCN)c1C=C. The van der Waals surface area contributed by atoms with Crippen LogP contribution in [0.2, 0.25) is 0 Å². The first-order valence-corrected chi connectivity index (χ1v) is 6.40. The molecule has 0 aliphatic carbocycles. The van der Waals surface area contributed by atoms with Gasteiger partial charge in [0.15, 0.2) is 0 Å². The van der Waals surface area contributed by atoms with Crippen molar-refractivity contribution in [2.45, 2.75) is 32.1 Å². The Balaban J connectivity index is 2.58. The monoisotopic (exact) mass is 229 g/mol. The second kappa shape index (κ2) is 7.86. The van der Waals surface area contributed by atoms with Gasteiger partial charge in [-0.05, 0) is 42.5 Å². The maximum absolute atomic E-state index is 5.48. The molecule has 0 aliphatic heterocycles. The van der Waals surface area contributed by atoms with Gasteiger partial charge in [-0.2, -0.15) is 0 Å². The van der Waals surface area contributed by atoms with Crippen LogP contribution in [-0.4, -0.2) is 6.54 Å². The fourth-order valence-corrected chi connectivity index (χ4v) is 2.09. The van der Waals surface area contributed by atoms with E-state index >= 15 is 0 Å². The van der Waals surface area contributed by atoms with E-state index in [1.807, 2.05) is 12.2 Å². The predicted octanol–water partition coefficient (Wildman–Crippen LogP) is 4.03. The van der Waals surface area contributed by atoms with E-state index in [0.717, 1.165) is 19.4 Å². The molecule has 0 aromatic heterocycles. The third-order valence-corrected chi connectivity index (χ3v) is 3.05. The highest BCUT2D eigenvalue weighted by Crippen LogP contribution is 2.19. The second-order valence-corrected chi connectivity index (χ2v) is 4.28. The summed E-state index contributed by atoms with van der Waals surface area (Å²) in [4.78, 5) is 0. The van der Waals surface area contributed by atoms with Crippen LogP contribution in [0.1, 0.15) is 42.4 Å². The average molecular weight is 229 g/mol. The molecule has 0 heterocycles. The lowest BCUT2D eigenvalue weighted by Crippen LogP contribution is -1.98. The van der Waals surface area contributed by atoms with E-state index < -0.39 is 0 Å². The fraction of sp³-hybridized carbons (Fsp3) is 0.375. The van der Waals surface area contributed by atoms with Gasteiger partial charge in [0.25, 0.3) is 0 Å². The zero-order valence-electron chi connectivity index (χ0n) is 10.6. The molecule has 92 valence electrons. The Kier molecular flexibility index (Phi) is 6.34. The molecule has 0 fully saturated rings. The summed E-state index contributed by atoms with van der Waals surface area (Å²) in [6.45, 7) is 8.54. The lowest BCUT2D eigenvalue weighted by molar-refractivity contribution is 0.646. The molecule has 17 heavy (non-hydrogen) atoms. The van der Waals surface area contributed by atoms with Crippen molar-refractivity contribution in [3.05, 3.63) is 48.0 Å². The van der Waals surface area contributed by atoms with Gasteiger partial charge in [-0.3, -0.25) is 0 Å². The number of unbranched alkanes of at least 4 members (excludes halogenated alkanes) is 3. The summed E-state index contributed by atoms with van der Waals surface area (Å²) in [7, 11) is 0. The Morgan fingerprint density at radius 2 is 1.76 bits per heavy atom. The average Bonchev–Trinajstić information content (AvgIpc) is 2.38. The van der Waals surface area contributed by atoms with E-state index in [4.69, 9.17) is 5.73 Å². The third-order valence-electron chi connectivity index (χ3n) is 3.05. The minimum Gasteiger partial charge on any atom is -0.330 e. The summed E-state index contributed by atoms with van der Waals surface area (Å²) in [5.41, 5.74) is 9.28. The quantitative estimate of drug-likeness (QED) is 0.669. The first-order chi connectivity index (χ1) is 8.33. The van der Waals surface area contributed by atoms with Crippen LogP contribution < -0.4 is 5.73 Å². The second-order valence-electron chi connectivity index (χ2n) is 4.28. The first kappa shape index (κ1) is 13.7. The van der Waals surface area contributed by atoms with Crippen LogP contribution in [0.3, 0.4) is 0 Å². The highest BCUT2D eigenvalue weighted by molar-refractivity contribution is 5.66. The molecule has 1 aromatic rings. The molecule has 0 saturated heterocycles. The molecule has 0 atom stereocenters. The predicted molar refractivity (Wildman–Crippen MR) is 77.9 cm³/mol. The Bertz CT molecular complexity index is 366. The van der Waals surface area contributed by atoms with E-state index in [9.17, 15) is 0 Å². The van der Waals surface area contributed by atoms with Gasteiger partial charge >= 0.3 is 0 Å². The molecule has 0 aliphatic rings. The summed E-state index contributed by atoms with van der Waals surface area (Å²) < 4.78 is 0. The minimum absolute atomic E-state index is 0.809. The van der Waals surface area contributed by atoms with Gasteiger partial charge in [-0.15, -0.1) is 0 Å². The van der Waals surface area contributed by atoms with Crippen LogP contribution >= 0.6 is 0 Å². The summed E-state index contributed by atoms with van der Waals surface area (Å²) in [6.07, 6.45) is 9.81. The maximum Gasteiger partial charge on any atom is -0.00773 e. The van der Waals surface area contributed by atoms with E-state index in [1.54, 1.807) is 0 Å². The highest BCUT2D eigenvalue weighted by Gasteiger charge is 2.02. The van der Waals surface area contributed by atoms with Crippen LogP contribution in [0.5, 0.6) is 0 Å². The molecule has 0 bridgehead atoms. The summed E-state index contributed by atoms with van der Waals surface area (Å²) in [6, 6.07) is 6.37. The largest absolute Gasteiger partial charge is 0.330 e. The normalized spacial score (nSPS) is 10.2. The van der Waals surface area contributed by atoms with Crippen molar-refractivity contribution >= 4 is 12.2 Å². The van der Waals surface area contributed by atoms with Crippen molar-refractivity contribution in [3.63, 3.8) is 0 Å². The summed E-state index contributed by atoms with van der Waals surface area (Å²) in [5.74, 6) is 0. The van der Waals surface area contributed by atoms with Gasteiger partial charge in [0.2, 0.25) is 0 Å². The van der Waals surface area contributed by atoms with E-state index in [1.165, 1.54) is 36.0 Å². The van der Waals surface area contributed by atoms with Gasteiger partial charge in [0, 0.05) is 0 Å². The van der Waals surface area contributed by atoms with E-state index in [0.29, 0.717) is 0 Å². The molecule has 0 saturated carbocycles. The van der Waals surface area contributed by atoms with Crippen molar-refractivity contribution in [2.24, 2.45) is 5.73 Å². The van der Waals surface area contributed by atoms with Crippen molar-refractivity contribution in [1.29, 1.82) is 0 Å². The molecular weight excluding hydrogens is 206 g/mol. The van der Waals surface area contributed by atoms with E-state index in [-0.39, 0.29) is 0 Å². The lowest BCUT2D eigenvalue weighted by atomic mass is 9.96. The Labute approximate surface area is 105 Å². The number of rotatable bonds is 8. The van der Waals surface area contributed by atoms with Crippen molar-refractivity contribution < 1.29 is 0 Å². The molecule has 1 rings (SSSR count). The van der Waals surface area contributed by atoms with Crippen molar-refractivity contribution in [1.82, 2.24) is 0 Å². The van der Waals surface area contributed by atoms with Gasteiger partial charge in [-0.1, -0.05) is 56.4 Å². The fourth-order valence-electron chi connectivity index (χ4n) is 2.09. The van der Waals surface area contributed by atoms with Crippen LogP contribution in [0, 0.1) is 0 Å². The van der Waals surface area contributed by atoms with Gasteiger partial charge in [-0.25, -0.2) is 0 Å². The molecule has 0 unspecified atom stereocenters. The minimum atomic E-state index is 0.809. The summed E-state index contributed by atoms with van der Waals surface area (Å²) >= 11 is 0. The molecule has 1 aromatic carbocycles. The Morgan fingerprint density at radius 3 is 2.41 bits per heavy atom. The van der Waals surface area contributed by atoms with E-state index in [2.05, 4.69) is 31.4 Å². The number of aryl methyl sites for hydroxylation is 1. The van der Waals surface area contributed by atoms with Crippen LogP contribution in [0.4, 0.5) is 0 Å². The highest BCUT2D eigenvalue weighted by atomic mass is 14.5. The maximum atomic E-state index is 5.48. The van der Waals surface area contributed by atoms with Gasteiger partial charge in [0.1, 0.15) is 0 Å². The molecule has 0 radical (unpaired) electrons. The Hall–Kier alpha value is -1.34. The zero-order valence-corrected chi connectivity index (χ0v) is 10.6. The van der Waals surface area contributed by atoms with Crippen molar-refractivity contribution in [2.75, 3.05) is 6.54 Å². The number of hydrogen-bond acceptors (Lipinski definition) is 1. The van der Waals surface area contributed by atoms with Crippen LogP contribution in [-0.2, 0) is 6.42 Å². The standard InChI is InChI=1S/C16H23N/c1-3-14-11-9-12-15(16(14)4-2)10-7-5-6-8-13-17/h3-4,9,11-12H,1-2,5-8,10,13,17H2. The molecule has 1 nitrogen and oxygen atoms in total. The first-order valence-electron chi connectivity index (χ1n) is 6.40. The molecule has 2 N–H and O–H groups in total. The number of benzene rings is 1. The molecule has 1 heteroatoms. The van der Waals surface area contributed by atoms with Gasteiger partial charge < -0.3 is 5.73 Å². The number of nitrogens with two attached hydrogens (primary N) is 1. The van der Waals surface area contributed by atoms with Crippen molar-refractivity contribution in [3.8, 4) is 0 Å². The topological polar surface area (TPSA) is 26.0 Å². The molecule has 0 amide bonds. The lowest BCUT2D eigenvalue weighted by Gasteiger charge is -2.09. The van der Waals surface area contributed by atoms with Crippen LogP contribution in [0.15, 0.2) is 31.4 Å². The summed E-state index contributed by atoms with van der Waals surface area (Å²) in [5, 5.41) is 0.